The van der Waals surface area contributed by atoms with Crippen LogP contribution in [0.25, 0.3) is 0 Å². The summed E-state index contributed by atoms with van der Waals surface area (Å²) in [7, 11) is 0. The smallest absolute Gasteiger partial charge is 0.337 e. The van der Waals surface area contributed by atoms with Crippen LogP contribution in [0, 0.1) is 25.7 Å². The van der Waals surface area contributed by atoms with Crippen molar-refractivity contribution >= 4 is 29.2 Å². The molecule has 0 amide bonds. The third-order valence-corrected chi connectivity index (χ3v) is 7.28. The first-order chi connectivity index (χ1) is 13.8. The minimum absolute atomic E-state index is 0.0157. The molecule has 0 aromatic heterocycles. The van der Waals surface area contributed by atoms with Gasteiger partial charge in [0.25, 0.3) is 0 Å². The van der Waals surface area contributed by atoms with Crippen LogP contribution >= 0.6 is 23.2 Å². The SMILES string of the molecule is Cc1cccc(CCC2C(Cl)CC(O)[C@@H]2CCc2ccc(C(=O)O)c(Cl)c2)c1C. The molecule has 1 aliphatic rings. The van der Waals surface area contributed by atoms with Crippen LogP contribution < -0.4 is 0 Å². The molecule has 0 bridgehead atoms. The maximum absolute atomic E-state index is 11.1. The second kappa shape index (κ2) is 9.51. The van der Waals surface area contributed by atoms with E-state index in [0.29, 0.717) is 6.42 Å². The number of aromatic carboxylic acids is 1. The predicted octanol–water partition coefficient (Wildman–Crippen LogP) is 5.82. The molecule has 2 aromatic rings. The van der Waals surface area contributed by atoms with Crippen molar-refractivity contribution in [1.82, 2.24) is 0 Å². The number of aryl methyl sites for hydroxylation is 3. The van der Waals surface area contributed by atoms with Crippen LogP contribution in [0.5, 0.6) is 0 Å². The van der Waals surface area contributed by atoms with Gasteiger partial charge in [-0.15, -0.1) is 11.6 Å². The summed E-state index contributed by atoms with van der Waals surface area (Å²) in [4.78, 5) is 11.1. The molecular weight excluding hydrogens is 407 g/mol. The largest absolute Gasteiger partial charge is 0.478 e. The molecule has 1 fully saturated rings. The van der Waals surface area contributed by atoms with Crippen molar-refractivity contribution in [3.05, 3.63) is 69.2 Å². The highest BCUT2D eigenvalue weighted by Crippen LogP contribution is 2.41. The zero-order valence-electron chi connectivity index (χ0n) is 16.9. The van der Waals surface area contributed by atoms with E-state index in [1.807, 2.05) is 0 Å². The molecule has 2 N–H and O–H groups in total. The Kier molecular flexibility index (Phi) is 7.26. The van der Waals surface area contributed by atoms with E-state index in [2.05, 4.69) is 32.0 Å². The van der Waals surface area contributed by atoms with E-state index >= 15 is 0 Å². The number of alkyl halides is 1. The normalized spacial score (nSPS) is 24.0. The van der Waals surface area contributed by atoms with Crippen molar-refractivity contribution in [3.8, 4) is 0 Å². The Morgan fingerprint density at radius 3 is 2.52 bits per heavy atom. The number of benzene rings is 2. The third kappa shape index (κ3) is 5.14. The topological polar surface area (TPSA) is 57.5 Å². The molecular formula is C24H28Cl2O3. The van der Waals surface area contributed by atoms with Gasteiger partial charge in [-0.05, 0) is 92.2 Å². The maximum atomic E-state index is 11.1. The molecule has 3 unspecified atom stereocenters. The molecule has 0 saturated heterocycles. The molecule has 5 heteroatoms. The van der Waals surface area contributed by atoms with Crippen molar-refractivity contribution in [2.24, 2.45) is 11.8 Å². The van der Waals surface area contributed by atoms with Crippen molar-refractivity contribution < 1.29 is 15.0 Å². The van der Waals surface area contributed by atoms with Crippen LogP contribution in [-0.4, -0.2) is 27.7 Å². The van der Waals surface area contributed by atoms with E-state index < -0.39 is 12.1 Å². The third-order valence-electron chi connectivity index (χ3n) is 6.47. The Hall–Kier alpha value is -1.55. The molecule has 29 heavy (non-hydrogen) atoms. The lowest BCUT2D eigenvalue weighted by Gasteiger charge is -2.24. The van der Waals surface area contributed by atoms with E-state index in [1.165, 1.54) is 16.7 Å². The number of carboxylic acid groups (broad SMARTS) is 1. The Labute approximate surface area is 182 Å². The molecule has 4 atom stereocenters. The minimum Gasteiger partial charge on any atom is -0.478 e. The van der Waals surface area contributed by atoms with Crippen LogP contribution in [0.2, 0.25) is 5.02 Å². The van der Waals surface area contributed by atoms with Gasteiger partial charge in [0, 0.05) is 5.38 Å². The van der Waals surface area contributed by atoms with Gasteiger partial charge in [0.1, 0.15) is 0 Å². The van der Waals surface area contributed by atoms with E-state index in [1.54, 1.807) is 18.2 Å². The first-order valence-corrected chi connectivity index (χ1v) is 11.0. The zero-order chi connectivity index (χ0) is 21.1. The van der Waals surface area contributed by atoms with Gasteiger partial charge in [0.2, 0.25) is 0 Å². The molecule has 1 aliphatic carbocycles. The molecule has 1 saturated carbocycles. The number of rotatable bonds is 7. The quantitative estimate of drug-likeness (QED) is 0.539. The Morgan fingerprint density at radius 2 is 1.83 bits per heavy atom. The molecule has 2 aromatic carbocycles. The van der Waals surface area contributed by atoms with E-state index in [0.717, 1.165) is 31.2 Å². The fourth-order valence-electron chi connectivity index (χ4n) is 4.56. The monoisotopic (exact) mass is 434 g/mol. The maximum Gasteiger partial charge on any atom is 0.337 e. The molecule has 0 aliphatic heterocycles. The minimum atomic E-state index is -1.02. The lowest BCUT2D eigenvalue weighted by Crippen LogP contribution is -2.22. The summed E-state index contributed by atoms with van der Waals surface area (Å²) in [6, 6.07) is 11.5. The summed E-state index contributed by atoms with van der Waals surface area (Å²) in [6.45, 7) is 4.29. The molecule has 0 spiro atoms. The van der Waals surface area contributed by atoms with Crippen molar-refractivity contribution in [2.75, 3.05) is 0 Å². The zero-order valence-corrected chi connectivity index (χ0v) is 18.4. The Bertz CT molecular complexity index is 880. The van der Waals surface area contributed by atoms with Crippen LogP contribution in [-0.2, 0) is 12.8 Å². The lowest BCUT2D eigenvalue weighted by atomic mass is 9.84. The van der Waals surface area contributed by atoms with E-state index in [4.69, 9.17) is 28.3 Å². The highest BCUT2D eigenvalue weighted by molar-refractivity contribution is 6.33. The first-order valence-electron chi connectivity index (χ1n) is 10.2. The summed E-state index contributed by atoms with van der Waals surface area (Å²) < 4.78 is 0. The molecule has 156 valence electrons. The Balaban J connectivity index is 1.66. The number of carbonyl (C=O) groups is 1. The summed E-state index contributed by atoms with van der Waals surface area (Å²) in [5.41, 5.74) is 5.09. The van der Waals surface area contributed by atoms with Crippen molar-refractivity contribution in [2.45, 2.75) is 57.4 Å². The predicted molar refractivity (Wildman–Crippen MR) is 118 cm³/mol. The van der Waals surface area contributed by atoms with E-state index in [-0.39, 0.29) is 27.8 Å². The highest BCUT2D eigenvalue weighted by atomic mass is 35.5. The van der Waals surface area contributed by atoms with Gasteiger partial charge in [-0.1, -0.05) is 35.9 Å². The van der Waals surface area contributed by atoms with Crippen LogP contribution in [0.15, 0.2) is 36.4 Å². The number of carboxylic acids is 1. The summed E-state index contributed by atoms with van der Waals surface area (Å²) >= 11 is 12.7. The van der Waals surface area contributed by atoms with E-state index in [9.17, 15) is 9.90 Å². The average molecular weight is 435 g/mol. The Morgan fingerprint density at radius 1 is 1.10 bits per heavy atom. The molecule has 3 rings (SSSR count). The van der Waals surface area contributed by atoms with Crippen LogP contribution in [0.3, 0.4) is 0 Å². The molecule has 0 heterocycles. The number of hydrogen-bond acceptors (Lipinski definition) is 2. The average Bonchev–Trinajstić information content (AvgIpc) is 2.93. The van der Waals surface area contributed by atoms with Gasteiger partial charge < -0.3 is 10.2 Å². The number of hydrogen-bond donors (Lipinski definition) is 2. The van der Waals surface area contributed by atoms with Crippen molar-refractivity contribution in [1.29, 1.82) is 0 Å². The van der Waals surface area contributed by atoms with Gasteiger partial charge in [0.05, 0.1) is 16.7 Å². The second-order valence-electron chi connectivity index (χ2n) is 8.20. The second-order valence-corrected chi connectivity index (χ2v) is 9.17. The van der Waals surface area contributed by atoms with Gasteiger partial charge in [-0.3, -0.25) is 0 Å². The van der Waals surface area contributed by atoms with Crippen LogP contribution in [0.1, 0.15) is 51.9 Å². The standard InChI is InChI=1S/C24H28Cl2O3/c1-14-4-3-5-17(15(14)2)8-11-18-19(23(27)13-22(18)26)9-6-16-7-10-20(24(28)29)21(25)12-16/h3-5,7,10,12,18-19,22-23,27H,6,8-9,11,13H2,1-2H3,(H,28,29)/t18?,19-,22?,23?/m1/s1. The highest BCUT2D eigenvalue weighted by Gasteiger charge is 2.40. The van der Waals surface area contributed by atoms with Gasteiger partial charge >= 0.3 is 5.97 Å². The molecule has 3 nitrogen and oxygen atoms in total. The van der Waals surface area contributed by atoms with Crippen LogP contribution in [0.4, 0.5) is 0 Å². The van der Waals surface area contributed by atoms with Gasteiger partial charge in [-0.2, -0.15) is 0 Å². The molecule has 0 radical (unpaired) electrons. The number of halogens is 2. The number of aliphatic hydroxyl groups excluding tert-OH is 1. The fourth-order valence-corrected chi connectivity index (χ4v) is 5.34. The summed E-state index contributed by atoms with van der Waals surface area (Å²) in [5, 5.41) is 19.9. The fraction of sp³-hybridized carbons (Fsp3) is 0.458. The first kappa shape index (κ1) is 22.1. The van der Waals surface area contributed by atoms with Gasteiger partial charge in [-0.25, -0.2) is 4.79 Å². The lowest BCUT2D eigenvalue weighted by molar-refractivity contribution is 0.0697. The van der Waals surface area contributed by atoms with Gasteiger partial charge in [0.15, 0.2) is 0 Å². The number of aliphatic hydroxyl groups is 1. The summed E-state index contributed by atoms with van der Waals surface area (Å²) in [5.74, 6) is -0.620. The van der Waals surface area contributed by atoms with Crippen molar-refractivity contribution in [3.63, 3.8) is 0 Å². The summed E-state index contributed by atoms with van der Waals surface area (Å²) in [6.07, 6.45) is 3.70.